The maximum atomic E-state index is 12.5. The number of aromatic hydroxyl groups is 1. The Hall–Kier alpha value is -2.99. The maximum Gasteiger partial charge on any atom is 0.271 e. The van der Waals surface area contributed by atoms with Gasteiger partial charge < -0.3 is 14.8 Å². The third-order valence-corrected chi connectivity index (χ3v) is 5.38. The molecule has 2 aromatic carbocycles. The number of phenolic OH excluding ortho intramolecular Hbond substituents is 1. The van der Waals surface area contributed by atoms with Crippen molar-refractivity contribution in [2.75, 3.05) is 6.61 Å². The lowest BCUT2D eigenvalue weighted by Gasteiger charge is -2.10. The highest BCUT2D eigenvalue weighted by atomic mass is 35.5. The number of aryl methyl sites for hydroxylation is 2. The van der Waals surface area contributed by atoms with Crippen molar-refractivity contribution >= 4 is 34.6 Å². The summed E-state index contributed by atoms with van der Waals surface area (Å²) >= 11 is 6.01. The Kier molecular flexibility index (Phi) is 5.45. The second-order valence-electron chi connectivity index (χ2n) is 7.03. The predicted octanol–water partition coefficient (Wildman–Crippen LogP) is 4.57. The molecule has 1 aromatic heterocycles. The van der Waals surface area contributed by atoms with Gasteiger partial charge in [0, 0.05) is 22.2 Å². The van der Waals surface area contributed by atoms with E-state index >= 15 is 0 Å². The molecule has 1 aliphatic rings. The van der Waals surface area contributed by atoms with Gasteiger partial charge >= 0.3 is 0 Å². The topological polar surface area (TPSA) is 86.7 Å². The number of hydrazone groups is 1. The van der Waals surface area contributed by atoms with E-state index in [1.807, 2.05) is 19.1 Å². The average molecular weight is 412 g/mol. The molecule has 29 heavy (non-hydrogen) atoms. The van der Waals surface area contributed by atoms with Crippen LogP contribution in [0.3, 0.4) is 0 Å². The molecule has 1 amide bonds. The van der Waals surface area contributed by atoms with Crippen LogP contribution in [0.4, 0.5) is 0 Å². The molecule has 6 nitrogen and oxygen atoms in total. The van der Waals surface area contributed by atoms with Gasteiger partial charge in [-0.05, 0) is 74.1 Å². The van der Waals surface area contributed by atoms with Gasteiger partial charge in [-0.3, -0.25) is 4.79 Å². The molecule has 0 bridgehead atoms. The van der Waals surface area contributed by atoms with Gasteiger partial charge in [0.2, 0.25) is 0 Å². The predicted molar refractivity (Wildman–Crippen MR) is 114 cm³/mol. The van der Waals surface area contributed by atoms with Crippen LogP contribution in [-0.2, 0) is 12.8 Å². The summed E-state index contributed by atoms with van der Waals surface area (Å²) in [6.07, 6.45) is 5.95. The number of aromatic nitrogens is 1. The summed E-state index contributed by atoms with van der Waals surface area (Å²) in [5.74, 6) is -0.128. The molecule has 0 saturated heterocycles. The first kappa shape index (κ1) is 19.3. The van der Waals surface area contributed by atoms with Crippen molar-refractivity contribution in [2.45, 2.75) is 32.6 Å². The number of benzene rings is 2. The van der Waals surface area contributed by atoms with E-state index in [-0.39, 0.29) is 22.4 Å². The molecule has 0 saturated carbocycles. The number of nitrogens with one attached hydrogen (secondary N) is 2. The van der Waals surface area contributed by atoms with E-state index in [1.165, 1.54) is 30.3 Å². The van der Waals surface area contributed by atoms with Crippen LogP contribution < -0.4 is 10.2 Å². The second-order valence-corrected chi connectivity index (χ2v) is 7.44. The van der Waals surface area contributed by atoms with Crippen LogP contribution in [0.1, 0.15) is 46.9 Å². The molecule has 0 atom stereocenters. The number of hydrogen-bond donors (Lipinski definition) is 3. The highest BCUT2D eigenvalue weighted by molar-refractivity contribution is 6.32. The molecule has 0 spiro atoms. The normalized spacial score (nSPS) is 13.6. The van der Waals surface area contributed by atoms with Crippen LogP contribution in [0.2, 0.25) is 5.02 Å². The zero-order valence-corrected chi connectivity index (χ0v) is 16.8. The van der Waals surface area contributed by atoms with Crippen LogP contribution in [0, 0.1) is 0 Å². The number of phenols is 1. The molecular formula is C22H22ClN3O3. The van der Waals surface area contributed by atoms with E-state index in [9.17, 15) is 9.90 Å². The largest absolute Gasteiger partial charge is 0.503 e. The fourth-order valence-corrected chi connectivity index (χ4v) is 3.93. The number of amides is 1. The molecule has 1 aliphatic carbocycles. The summed E-state index contributed by atoms with van der Waals surface area (Å²) < 4.78 is 5.35. The summed E-state index contributed by atoms with van der Waals surface area (Å²) in [7, 11) is 0. The third-order valence-electron chi connectivity index (χ3n) is 5.09. The summed E-state index contributed by atoms with van der Waals surface area (Å²) in [6, 6.07) is 8.82. The minimum absolute atomic E-state index is 0.113. The van der Waals surface area contributed by atoms with Crippen molar-refractivity contribution in [1.82, 2.24) is 10.4 Å². The van der Waals surface area contributed by atoms with E-state index in [1.54, 1.807) is 18.2 Å². The Labute approximate surface area is 173 Å². The lowest BCUT2D eigenvalue weighted by atomic mass is 9.95. The first-order valence-corrected chi connectivity index (χ1v) is 10.1. The van der Waals surface area contributed by atoms with E-state index in [0.29, 0.717) is 17.7 Å². The third kappa shape index (κ3) is 3.93. The molecular weight excluding hydrogens is 390 g/mol. The SMILES string of the molecule is CCOc1cc(/C=N\NC(=O)c2ccc3[nH]c4c(c3c2)CCCC4)cc(Cl)c1O. The number of hydrogen-bond acceptors (Lipinski definition) is 4. The van der Waals surface area contributed by atoms with Gasteiger partial charge in [-0.25, -0.2) is 5.43 Å². The van der Waals surface area contributed by atoms with Gasteiger partial charge in [-0.15, -0.1) is 0 Å². The van der Waals surface area contributed by atoms with Gasteiger partial charge in [0.1, 0.15) is 0 Å². The molecule has 1 heterocycles. The Morgan fingerprint density at radius 3 is 2.97 bits per heavy atom. The fourth-order valence-electron chi connectivity index (χ4n) is 3.71. The summed E-state index contributed by atoms with van der Waals surface area (Å²) in [4.78, 5) is 16.0. The highest BCUT2D eigenvalue weighted by Crippen LogP contribution is 2.34. The zero-order valence-electron chi connectivity index (χ0n) is 16.1. The van der Waals surface area contributed by atoms with Crippen molar-refractivity contribution in [3.8, 4) is 11.5 Å². The van der Waals surface area contributed by atoms with Crippen molar-refractivity contribution in [1.29, 1.82) is 0 Å². The number of rotatable bonds is 5. The quantitative estimate of drug-likeness (QED) is 0.424. The minimum Gasteiger partial charge on any atom is -0.503 e. The summed E-state index contributed by atoms with van der Waals surface area (Å²) in [6.45, 7) is 2.21. The Morgan fingerprint density at radius 1 is 1.31 bits per heavy atom. The number of nitrogens with zero attached hydrogens (tertiary/aromatic N) is 1. The Bertz CT molecular complexity index is 1100. The van der Waals surface area contributed by atoms with Crippen LogP contribution in [0.25, 0.3) is 10.9 Å². The van der Waals surface area contributed by atoms with Gasteiger partial charge in [-0.1, -0.05) is 11.6 Å². The summed E-state index contributed by atoms with van der Waals surface area (Å²) in [5, 5.41) is 15.2. The van der Waals surface area contributed by atoms with Crippen molar-refractivity contribution in [2.24, 2.45) is 5.10 Å². The van der Waals surface area contributed by atoms with E-state index in [2.05, 4.69) is 15.5 Å². The first-order chi connectivity index (χ1) is 14.1. The molecule has 3 aromatic rings. The Morgan fingerprint density at radius 2 is 2.14 bits per heavy atom. The number of H-pyrrole nitrogens is 1. The van der Waals surface area contributed by atoms with Crippen molar-refractivity contribution in [3.63, 3.8) is 0 Å². The standard InChI is InChI=1S/C22H22ClN3O3/c1-2-29-20-10-13(9-17(23)21(20)27)12-24-26-22(28)14-7-8-19-16(11-14)15-5-3-4-6-18(15)25-19/h7-12,25,27H,2-6H2,1H3,(H,26,28)/b24-12-. The number of carbonyl (C=O) groups excluding carboxylic acids is 1. The molecule has 7 heteroatoms. The van der Waals surface area contributed by atoms with Crippen LogP contribution >= 0.6 is 11.6 Å². The van der Waals surface area contributed by atoms with Crippen molar-refractivity contribution < 1.29 is 14.6 Å². The second kappa shape index (κ2) is 8.17. The maximum absolute atomic E-state index is 12.5. The van der Waals surface area contributed by atoms with Crippen LogP contribution in [-0.4, -0.2) is 28.8 Å². The van der Waals surface area contributed by atoms with Crippen LogP contribution in [0.15, 0.2) is 35.4 Å². The van der Waals surface area contributed by atoms with Gasteiger partial charge in [0.25, 0.3) is 5.91 Å². The molecule has 0 radical (unpaired) electrons. The smallest absolute Gasteiger partial charge is 0.271 e. The number of fused-ring (bicyclic) bond motifs is 3. The van der Waals surface area contributed by atoms with Gasteiger partial charge in [0.05, 0.1) is 17.8 Å². The number of carbonyl (C=O) groups is 1. The number of halogens is 1. The zero-order chi connectivity index (χ0) is 20.4. The summed E-state index contributed by atoms with van der Waals surface area (Å²) in [5.41, 5.74) is 7.39. The van der Waals surface area contributed by atoms with Gasteiger partial charge in [0.15, 0.2) is 11.5 Å². The number of aromatic amines is 1. The van der Waals surface area contributed by atoms with Gasteiger partial charge in [-0.2, -0.15) is 5.10 Å². The molecule has 0 fully saturated rings. The Balaban J connectivity index is 1.51. The molecule has 3 N–H and O–H groups in total. The lowest BCUT2D eigenvalue weighted by molar-refractivity contribution is 0.0955. The molecule has 0 aliphatic heterocycles. The highest BCUT2D eigenvalue weighted by Gasteiger charge is 2.16. The van der Waals surface area contributed by atoms with E-state index in [0.717, 1.165) is 23.7 Å². The van der Waals surface area contributed by atoms with E-state index < -0.39 is 0 Å². The fraction of sp³-hybridized carbons (Fsp3) is 0.273. The van der Waals surface area contributed by atoms with E-state index in [4.69, 9.17) is 16.3 Å². The molecule has 4 rings (SSSR count). The van der Waals surface area contributed by atoms with Crippen molar-refractivity contribution in [3.05, 3.63) is 57.7 Å². The number of ether oxygens (including phenoxy) is 1. The van der Waals surface area contributed by atoms with Crippen LogP contribution in [0.5, 0.6) is 11.5 Å². The average Bonchev–Trinajstić information content (AvgIpc) is 3.09. The lowest BCUT2D eigenvalue weighted by Crippen LogP contribution is -2.17. The molecule has 150 valence electrons. The monoisotopic (exact) mass is 411 g/mol. The minimum atomic E-state index is -0.288. The first-order valence-electron chi connectivity index (χ1n) is 9.69. The molecule has 0 unspecified atom stereocenters.